The predicted molar refractivity (Wildman–Crippen MR) is 105 cm³/mol. The Morgan fingerprint density at radius 3 is 2.96 bits per heavy atom. The Kier molecular flexibility index (Phi) is 6.73. The number of nitrogens with zero attached hydrogens (tertiary/aromatic N) is 3. The molecule has 0 radical (unpaired) electrons. The van der Waals surface area contributed by atoms with Crippen LogP contribution >= 0.6 is 0 Å². The molecule has 0 saturated carbocycles. The van der Waals surface area contributed by atoms with Gasteiger partial charge >= 0.3 is 0 Å². The summed E-state index contributed by atoms with van der Waals surface area (Å²) in [7, 11) is 1.72. The summed E-state index contributed by atoms with van der Waals surface area (Å²) in [5.74, 6) is 0.434. The van der Waals surface area contributed by atoms with Crippen LogP contribution < -0.4 is 11.1 Å². The quantitative estimate of drug-likeness (QED) is 0.773. The zero-order chi connectivity index (χ0) is 19.1. The monoisotopic (exact) mass is 369 g/mol. The summed E-state index contributed by atoms with van der Waals surface area (Å²) in [4.78, 5) is 23.5. The molecule has 7 nitrogen and oxygen atoms in total. The number of carbonyl (C=O) groups is 1. The van der Waals surface area contributed by atoms with Crippen molar-refractivity contribution in [3.8, 4) is 11.3 Å². The molecule has 1 fully saturated rings. The van der Waals surface area contributed by atoms with Crippen molar-refractivity contribution in [1.82, 2.24) is 20.2 Å². The van der Waals surface area contributed by atoms with Gasteiger partial charge in [-0.25, -0.2) is 9.97 Å². The maximum Gasteiger partial charge on any atom is 0.255 e. The molecule has 1 aromatic carbocycles. The van der Waals surface area contributed by atoms with Crippen LogP contribution in [0.4, 0.5) is 5.95 Å². The molecule has 2 aromatic rings. The van der Waals surface area contributed by atoms with Crippen LogP contribution in [0.2, 0.25) is 0 Å². The number of nitrogens with two attached hydrogens (primary N) is 1. The standard InChI is InChI=1S/C20H27N5O2/c1-27-11-10-25-9-5-6-15(14-25)12-22-19(26)17-13-23-20(21)24-18(17)16-7-3-2-4-8-16/h2-4,7-8,13,15H,5-6,9-12,14H2,1H3,(H,22,26)(H2,21,23,24). The van der Waals surface area contributed by atoms with Crippen LogP contribution in [-0.2, 0) is 4.74 Å². The number of anilines is 1. The van der Waals surface area contributed by atoms with Gasteiger partial charge in [0.2, 0.25) is 5.95 Å². The van der Waals surface area contributed by atoms with Crippen LogP contribution in [-0.4, -0.2) is 60.7 Å². The molecule has 1 aromatic heterocycles. The van der Waals surface area contributed by atoms with E-state index >= 15 is 0 Å². The minimum Gasteiger partial charge on any atom is -0.383 e. The molecular weight excluding hydrogens is 342 g/mol. The van der Waals surface area contributed by atoms with Gasteiger partial charge in [0, 0.05) is 38.5 Å². The second-order valence-corrected chi connectivity index (χ2v) is 6.87. The lowest BCUT2D eigenvalue weighted by Crippen LogP contribution is -2.42. The van der Waals surface area contributed by atoms with Gasteiger partial charge in [-0.15, -0.1) is 0 Å². The molecule has 1 aliphatic heterocycles. The van der Waals surface area contributed by atoms with E-state index in [9.17, 15) is 4.79 Å². The molecule has 0 aliphatic carbocycles. The van der Waals surface area contributed by atoms with Gasteiger partial charge in [-0.05, 0) is 25.3 Å². The highest BCUT2D eigenvalue weighted by Crippen LogP contribution is 2.22. The van der Waals surface area contributed by atoms with Gasteiger partial charge in [-0.3, -0.25) is 4.79 Å². The van der Waals surface area contributed by atoms with E-state index in [-0.39, 0.29) is 11.9 Å². The van der Waals surface area contributed by atoms with Crippen molar-refractivity contribution in [1.29, 1.82) is 0 Å². The molecule has 1 saturated heterocycles. The van der Waals surface area contributed by atoms with E-state index in [0.29, 0.717) is 23.7 Å². The third-order valence-electron chi connectivity index (χ3n) is 4.87. The highest BCUT2D eigenvalue weighted by Gasteiger charge is 2.21. The SMILES string of the molecule is COCCN1CCCC(CNC(=O)c2cnc(N)nc2-c2ccccc2)C1. The van der Waals surface area contributed by atoms with Crippen LogP contribution in [0.3, 0.4) is 0 Å². The summed E-state index contributed by atoms with van der Waals surface area (Å²) >= 11 is 0. The highest BCUT2D eigenvalue weighted by molar-refractivity contribution is 5.99. The maximum atomic E-state index is 12.8. The third kappa shape index (κ3) is 5.24. The van der Waals surface area contributed by atoms with Crippen LogP contribution in [0.5, 0.6) is 0 Å². The van der Waals surface area contributed by atoms with Crippen LogP contribution in [0.15, 0.2) is 36.5 Å². The van der Waals surface area contributed by atoms with Gasteiger partial charge in [0.25, 0.3) is 5.91 Å². The van der Waals surface area contributed by atoms with Gasteiger partial charge in [0.15, 0.2) is 0 Å². The van der Waals surface area contributed by atoms with Crippen molar-refractivity contribution in [2.24, 2.45) is 5.92 Å². The number of piperidine rings is 1. The number of hydrogen-bond acceptors (Lipinski definition) is 6. The van der Waals surface area contributed by atoms with E-state index in [1.807, 2.05) is 30.3 Å². The van der Waals surface area contributed by atoms with E-state index in [1.165, 1.54) is 6.20 Å². The summed E-state index contributed by atoms with van der Waals surface area (Å²) in [6.45, 7) is 4.39. The first-order valence-electron chi connectivity index (χ1n) is 9.35. The molecule has 2 heterocycles. The van der Waals surface area contributed by atoms with E-state index in [1.54, 1.807) is 7.11 Å². The van der Waals surface area contributed by atoms with Crippen molar-refractivity contribution in [3.63, 3.8) is 0 Å². The molecule has 1 atom stereocenters. The molecule has 0 spiro atoms. The normalized spacial score (nSPS) is 17.6. The van der Waals surface area contributed by atoms with E-state index < -0.39 is 0 Å². The first kappa shape index (κ1) is 19.3. The Balaban J connectivity index is 1.65. The molecule has 3 N–H and O–H groups in total. The molecule has 7 heteroatoms. The summed E-state index contributed by atoms with van der Waals surface area (Å²) < 4.78 is 5.17. The molecule has 1 unspecified atom stereocenters. The number of likely N-dealkylation sites (tertiary alicyclic amines) is 1. The fourth-order valence-electron chi connectivity index (χ4n) is 3.45. The Bertz CT molecular complexity index is 753. The molecule has 1 aliphatic rings. The van der Waals surface area contributed by atoms with E-state index in [4.69, 9.17) is 10.5 Å². The molecule has 3 rings (SSSR count). The van der Waals surface area contributed by atoms with Gasteiger partial charge in [0.1, 0.15) is 0 Å². The minimum absolute atomic E-state index is 0.159. The Labute approximate surface area is 159 Å². The number of benzene rings is 1. The molecule has 144 valence electrons. The van der Waals surface area contributed by atoms with Crippen molar-refractivity contribution in [3.05, 3.63) is 42.1 Å². The highest BCUT2D eigenvalue weighted by atomic mass is 16.5. The smallest absolute Gasteiger partial charge is 0.255 e. The number of carbonyl (C=O) groups excluding carboxylic acids is 1. The Morgan fingerprint density at radius 1 is 1.37 bits per heavy atom. The fourth-order valence-corrected chi connectivity index (χ4v) is 3.45. The Morgan fingerprint density at radius 2 is 2.19 bits per heavy atom. The van der Waals surface area contributed by atoms with Gasteiger partial charge in [-0.1, -0.05) is 30.3 Å². The lowest BCUT2D eigenvalue weighted by molar-refractivity contribution is 0.0913. The van der Waals surface area contributed by atoms with Crippen molar-refractivity contribution in [2.75, 3.05) is 45.6 Å². The first-order chi connectivity index (χ1) is 13.2. The summed E-state index contributed by atoms with van der Waals surface area (Å²) in [6.07, 6.45) is 3.77. The summed E-state index contributed by atoms with van der Waals surface area (Å²) in [6, 6.07) is 9.56. The second-order valence-electron chi connectivity index (χ2n) is 6.87. The number of aromatic nitrogens is 2. The van der Waals surface area contributed by atoms with Crippen molar-refractivity contribution >= 4 is 11.9 Å². The summed E-state index contributed by atoms with van der Waals surface area (Å²) in [5.41, 5.74) is 7.60. The zero-order valence-electron chi connectivity index (χ0n) is 15.7. The average molecular weight is 369 g/mol. The Hall–Kier alpha value is -2.51. The largest absolute Gasteiger partial charge is 0.383 e. The number of rotatable bonds is 7. The van der Waals surface area contributed by atoms with Crippen molar-refractivity contribution < 1.29 is 9.53 Å². The number of nitrogen functional groups attached to an aromatic ring is 1. The fraction of sp³-hybridized carbons (Fsp3) is 0.450. The number of amides is 1. The van der Waals surface area contributed by atoms with E-state index in [2.05, 4.69) is 20.2 Å². The van der Waals surface area contributed by atoms with E-state index in [0.717, 1.165) is 44.6 Å². The van der Waals surface area contributed by atoms with Gasteiger partial charge in [0.05, 0.1) is 17.9 Å². The topological polar surface area (TPSA) is 93.4 Å². The van der Waals surface area contributed by atoms with Crippen LogP contribution in [0.25, 0.3) is 11.3 Å². The average Bonchev–Trinajstić information content (AvgIpc) is 2.71. The number of hydrogen-bond donors (Lipinski definition) is 2. The number of methoxy groups -OCH3 is 1. The molecule has 0 bridgehead atoms. The second kappa shape index (κ2) is 9.43. The van der Waals surface area contributed by atoms with Crippen molar-refractivity contribution in [2.45, 2.75) is 12.8 Å². The molecule has 27 heavy (non-hydrogen) atoms. The van der Waals surface area contributed by atoms with Gasteiger partial charge in [-0.2, -0.15) is 0 Å². The zero-order valence-corrected chi connectivity index (χ0v) is 15.7. The lowest BCUT2D eigenvalue weighted by Gasteiger charge is -2.32. The third-order valence-corrected chi connectivity index (χ3v) is 4.87. The maximum absolute atomic E-state index is 12.8. The first-order valence-corrected chi connectivity index (χ1v) is 9.35. The number of ether oxygens (including phenoxy) is 1. The van der Waals surface area contributed by atoms with Crippen LogP contribution in [0.1, 0.15) is 23.2 Å². The summed E-state index contributed by atoms with van der Waals surface area (Å²) in [5, 5.41) is 3.06. The van der Waals surface area contributed by atoms with Gasteiger partial charge < -0.3 is 20.7 Å². The number of nitrogens with one attached hydrogen (secondary N) is 1. The molecular formula is C20H27N5O2. The lowest BCUT2D eigenvalue weighted by atomic mass is 9.98. The van der Waals surface area contributed by atoms with Crippen LogP contribution in [0, 0.1) is 5.92 Å². The molecule has 1 amide bonds. The minimum atomic E-state index is -0.164. The predicted octanol–water partition coefficient (Wildman–Crippen LogP) is 1.81.